The third-order valence-corrected chi connectivity index (χ3v) is 5.01. The summed E-state index contributed by atoms with van der Waals surface area (Å²) in [5, 5.41) is 3.24. The van der Waals surface area contributed by atoms with Crippen molar-refractivity contribution in [1.82, 2.24) is 14.7 Å². The Kier molecular flexibility index (Phi) is 5.63. The number of aryl methyl sites for hydroxylation is 1. The van der Waals surface area contributed by atoms with Crippen molar-refractivity contribution in [2.75, 3.05) is 14.2 Å². The predicted molar refractivity (Wildman–Crippen MR) is 108 cm³/mol. The van der Waals surface area contributed by atoms with Gasteiger partial charge in [-0.3, -0.25) is 19.5 Å². The minimum atomic E-state index is -0.345. The van der Waals surface area contributed by atoms with E-state index in [0.717, 1.165) is 11.3 Å². The van der Waals surface area contributed by atoms with Gasteiger partial charge in [-0.15, -0.1) is 0 Å². The van der Waals surface area contributed by atoms with Gasteiger partial charge in [0, 0.05) is 13.5 Å². The van der Waals surface area contributed by atoms with Gasteiger partial charge in [-0.1, -0.05) is 24.3 Å². The molecule has 1 N–H and O–H groups in total. The number of aromatic amines is 1. The van der Waals surface area contributed by atoms with Gasteiger partial charge in [-0.25, -0.2) is 4.68 Å². The van der Waals surface area contributed by atoms with Crippen LogP contribution in [0.5, 0.6) is 5.75 Å². The number of nitrogens with one attached hydrogen (secondary N) is 1. The minimum Gasteiger partial charge on any atom is -0.497 e. The zero-order chi connectivity index (χ0) is 20.3. The Morgan fingerprint density at radius 2 is 1.75 bits per heavy atom. The molecule has 0 aliphatic carbocycles. The van der Waals surface area contributed by atoms with Crippen LogP contribution in [0.15, 0.2) is 58.1 Å². The maximum absolute atomic E-state index is 12.6. The lowest BCUT2D eigenvalue weighted by Gasteiger charge is -2.25. The lowest BCUT2D eigenvalue weighted by atomic mass is 10.1. The van der Waals surface area contributed by atoms with Gasteiger partial charge in [0.25, 0.3) is 11.1 Å². The Balaban J connectivity index is 1.72. The molecule has 0 aliphatic rings. The Hall–Kier alpha value is -3.35. The molecule has 2 aromatic carbocycles. The molecule has 7 nitrogen and oxygen atoms in total. The van der Waals surface area contributed by atoms with Crippen molar-refractivity contribution in [2.24, 2.45) is 0 Å². The van der Waals surface area contributed by atoms with E-state index in [0.29, 0.717) is 10.8 Å². The van der Waals surface area contributed by atoms with Gasteiger partial charge < -0.3 is 9.64 Å². The van der Waals surface area contributed by atoms with Crippen LogP contribution in [0.4, 0.5) is 0 Å². The van der Waals surface area contributed by atoms with E-state index >= 15 is 0 Å². The molecule has 28 heavy (non-hydrogen) atoms. The van der Waals surface area contributed by atoms with E-state index in [1.165, 1.54) is 4.68 Å². The first-order chi connectivity index (χ1) is 13.4. The first-order valence-electron chi connectivity index (χ1n) is 9.04. The van der Waals surface area contributed by atoms with Gasteiger partial charge >= 0.3 is 0 Å². The Bertz CT molecular complexity index is 1100. The summed E-state index contributed by atoms with van der Waals surface area (Å²) in [5.74, 6) is 0.633. The third-order valence-electron chi connectivity index (χ3n) is 5.01. The maximum Gasteiger partial charge on any atom is 0.273 e. The number of amides is 1. The molecular formula is C21H23N3O4. The van der Waals surface area contributed by atoms with E-state index in [4.69, 9.17) is 4.74 Å². The van der Waals surface area contributed by atoms with Gasteiger partial charge in [0.1, 0.15) is 5.75 Å². The van der Waals surface area contributed by atoms with Gasteiger partial charge in [0.05, 0.1) is 30.5 Å². The number of rotatable bonds is 6. The van der Waals surface area contributed by atoms with E-state index in [1.807, 2.05) is 31.2 Å². The lowest BCUT2D eigenvalue weighted by molar-refractivity contribution is -0.132. The van der Waals surface area contributed by atoms with Crippen molar-refractivity contribution in [3.8, 4) is 5.75 Å². The molecule has 7 heteroatoms. The van der Waals surface area contributed by atoms with Crippen LogP contribution in [0.2, 0.25) is 0 Å². The number of carbonyl (C=O) groups excluding carboxylic acids is 1. The van der Waals surface area contributed by atoms with E-state index in [-0.39, 0.29) is 36.0 Å². The number of ether oxygens (including phenoxy) is 1. The normalized spacial score (nSPS) is 12.0. The van der Waals surface area contributed by atoms with Crippen LogP contribution in [-0.2, 0) is 11.3 Å². The standard InChI is InChI=1S/C21H23N3O4/c1-14(15-8-10-16(28-3)11-9-15)23(2)19(25)12-13-24-21(27)18-7-5-4-6-17(18)20(26)22-24/h4-11,14H,12-13H2,1-3H3,(H,22,26). The number of carbonyl (C=O) groups is 1. The molecule has 3 aromatic rings. The van der Waals surface area contributed by atoms with Crippen LogP contribution in [-0.4, -0.2) is 34.7 Å². The molecule has 1 unspecified atom stereocenters. The van der Waals surface area contributed by atoms with Crippen LogP contribution in [0.25, 0.3) is 10.8 Å². The number of aromatic nitrogens is 2. The molecule has 1 amide bonds. The largest absolute Gasteiger partial charge is 0.497 e. The highest BCUT2D eigenvalue weighted by atomic mass is 16.5. The summed E-state index contributed by atoms with van der Waals surface area (Å²) >= 11 is 0. The Morgan fingerprint density at radius 3 is 2.39 bits per heavy atom. The van der Waals surface area contributed by atoms with Gasteiger partial charge in [-0.2, -0.15) is 0 Å². The zero-order valence-corrected chi connectivity index (χ0v) is 16.1. The molecule has 1 heterocycles. The minimum absolute atomic E-state index is 0.102. The summed E-state index contributed by atoms with van der Waals surface area (Å²) in [7, 11) is 3.33. The first kappa shape index (κ1) is 19.4. The van der Waals surface area contributed by atoms with Crippen molar-refractivity contribution in [2.45, 2.75) is 25.9 Å². The van der Waals surface area contributed by atoms with E-state index < -0.39 is 0 Å². The molecular weight excluding hydrogens is 358 g/mol. The lowest BCUT2D eigenvalue weighted by Crippen LogP contribution is -2.34. The number of methoxy groups -OCH3 is 1. The van der Waals surface area contributed by atoms with Gasteiger partial charge in [-0.05, 0) is 36.8 Å². The van der Waals surface area contributed by atoms with Crippen LogP contribution in [0.1, 0.15) is 24.9 Å². The van der Waals surface area contributed by atoms with Gasteiger partial charge in [0.2, 0.25) is 5.91 Å². The highest BCUT2D eigenvalue weighted by Crippen LogP contribution is 2.22. The molecule has 0 aliphatic heterocycles. The highest BCUT2D eigenvalue weighted by molar-refractivity contribution is 5.80. The second-order valence-electron chi connectivity index (χ2n) is 6.65. The number of fused-ring (bicyclic) bond motifs is 1. The van der Waals surface area contributed by atoms with Crippen molar-refractivity contribution in [1.29, 1.82) is 0 Å². The first-order valence-corrected chi connectivity index (χ1v) is 9.04. The van der Waals surface area contributed by atoms with Crippen molar-refractivity contribution < 1.29 is 9.53 Å². The second-order valence-corrected chi connectivity index (χ2v) is 6.65. The quantitative estimate of drug-likeness (QED) is 0.710. The van der Waals surface area contributed by atoms with Crippen LogP contribution in [0.3, 0.4) is 0 Å². The molecule has 1 atom stereocenters. The van der Waals surface area contributed by atoms with Crippen molar-refractivity contribution in [3.63, 3.8) is 0 Å². The monoisotopic (exact) mass is 381 g/mol. The van der Waals surface area contributed by atoms with Crippen molar-refractivity contribution in [3.05, 3.63) is 74.8 Å². The fourth-order valence-corrected chi connectivity index (χ4v) is 3.11. The zero-order valence-electron chi connectivity index (χ0n) is 16.1. The Labute approximate surface area is 162 Å². The van der Waals surface area contributed by atoms with E-state index in [1.54, 1.807) is 43.3 Å². The Morgan fingerprint density at radius 1 is 1.11 bits per heavy atom. The number of nitrogens with zero attached hydrogens (tertiary/aromatic N) is 2. The highest BCUT2D eigenvalue weighted by Gasteiger charge is 2.18. The second kappa shape index (κ2) is 8.12. The van der Waals surface area contributed by atoms with Crippen molar-refractivity contribution >= 4 is 16.7 Å². The fourth-order valence-electron chi connectivity index (χ4n) is 3.11. The molecule has 0 saturated heterocycles. The number of benzene rings is 2. The van der Waals surface area contributed by atoms with Crippen LogP contribution < -0.4 is 15.9 Å². The SMILES string of the molecule is COc1ccc(C(C)N(C)C(=O)CCn2[nH]c(=O)c3ccccc3c2=O)cc1. The van der Waals surface area contributed by atoms with E-state index in [2.05, 4.69) is 5.10 Å². The number of H-pyrrole nitrogens is 1. The number of hydrogen-bond donors (Lipinski definition) is 1. The summed E-state index contributed by atoms with van der Waals surface area (Å²) in [6.07, 6.45) is 0.102. The molecule has 0 saturated carbocycles. The molecule has 0 radical (unpaired) electrons. The summed E-state index contributed by atoms with van der Waals surface area (Å²) in [6, 6.07) is 14.0. The summed E-state index contributed by atoms with van der Waals surface area (Å²) < 4.78 is 6.36. The van der Waals surface area contributed by atoms with Crippen LogP contribution in [0, 0.1) is 0 Å². The average molecular weight is 381 g/mol. The fraction of sp³-hybridized carbons (Fsp3) is 0.286. The smallest absolute Gasteiger partial charge is 0.273 e. The van der Waals surface area contributed by atoms with Gasteiger partial charge in [0.15, 0.2) is 0 Å². The molecule has 0 fully saturated rings. The summed E-state index contributed by atoms with van der Waals surface area (Å²) in [5.41, 5.74) is 0.324. The summed E-state index contributed by atoms with van der Waals surface area (Å²) in [4.78, 5) is 38.9. The molecule has 1 aromatic heterocycles. The van der Waals surface area contributed by atoms with Crippen LogP contribution >= 0.6 is 0 Å². The predicted octanol–water partition coefficient (Wildman–Crippen LogP) is 2.31. The number of hydrogen-bond acceptors (Lipinski definition) is 4. The molecule has 146 valence electrons. The van der Waals surface area contributed by atoms with E-state index in [9.17, 15) is 14.4 Å². The summed E-state index contributed by atoms with van der Waals surface area (Å²) in [6.45, 7) is 2.04. The maximum atomic E-state index is 12.6. The average Bonchev–Trinajstić information content (AvgIpc) is 2.74. The molecule has 3 rings (SSSR count). The third kappa shape index (κ3) is 3.83. The molecule has 0 spiro atoms. The topological polar surface area (TPSA) is 84.4 Å². The molecule has 0 bridgehead atoms.